The molecule has 2 aliphatic heterocycles. The van der Waals surface area contributed by atoms with Crippen LogP contribution in [0.25, 0.3) is 0 Å². The molecule has 0 amide bonds. The molecule has 1 aromatic heterocycles. The maximum atomic E-state index is 5.99. The Kier molecular flexibility index (Phi) is 6.77. The molecule has 0 bridgehead atoms. The van der Waals surface area contributed by atoms with E-state index in [1.165, 1.54) is 4.88 Å². The number of ether oxygens (including phenoxy) is 2. The number of rotatable bonds is 5. The van der Waals surface area contributed by atoms with Gasteiger partial charge in [0.2, 0.25) is 0 Å². The second-order valence-electron chi connectivity index (χ2n) is 6.10. The van der Waals surface area contributed by atoms with E-state index in [0.717, 1.165) is 69.0 Å². The topological polar surface area (TPSA) is 46.1 Å². The number of halogens is 1. The normalized spacial score (nSPS) is 25.2. The second-order valence-corrected chi connectivity index (χ2v) is 7.90. The Bertz CT molecular complexity index is 546. The summed E-state index contributed by atoms with van der Waals surface area (Å²) in [5.41, 5.74) is 0. The number of thiophene rings is 1. The summed E-state index contributed by atoms with van der Waals surface area (Å²) in [6.07, 6.45) is 3.56. The second kappa shape index (κ2) is 9.04. The molecule has 2 aliphatic rings. The number of hydrogen-bond donors (Lipinski definition) is 1. The first-order valence-electron chi connectivity index (χ1n) is 8.77. The summed E-state index contributed by atoms with van der Waals surface area (Å²) < 4.78 is 12.6. The van der Waals surface area contributed by atoms with Crippen molar-refractivity contribution in [1.82, 2.24) is 10.2 Å². The van der Waals surface area contributed by atoms with Crippen molar-refractivity contribution >= 4 is 28.9 Å². The Labute approximate surface area is 153 Å². The molecule has 3 rings (SSSR count). The molecule has 0 spiro atoms. The van der Waals surface area contributed by atoms with E-state index in [1.54, 1.807) is 11.3 Å². The van der Waals surface area contributed by atoms with Crippen LogP contribution in [0.1, 0.15) is 24.6 Å². The molecule has 0 radical (unpaired) electrons. The van der Waals surface area contributed by atoms with Crippen LogP contribution in [0.2, 0.25) is 4.34 Å². The summed E-state index contributed by atoms with van der Waals surface area (Å²) in [5.74, 6) is 0.978. The van der Waals surface area contributed by atoms with Crippen molar-refractivity contribution in [1.29, 1.82) is 0 Å². The molecular formula is C17H26ClN3O2S. The monoisotopic (exact) mass is 371 g/mol. The number of nitrogens with one attached hydrogen (secondary N) is 1. The lowest BCUT2D eigenvalue weighted by molar-refractivity contribution is -0.0817. The van der Waals surface area contributed by atoms with Gasteiger partial charge in [0.15, 0.2) is 5.96 Å². The predicted molar refractivity (Wildman–Crippen MR) is 99.3 cm³/mol. The van der Waals surface area contributed by atoms with Gasteiger partial charge in [-0.2, -0.15) is 0 Å². The first kappa shape index (κ1) is 18.0. The molecular weight excluding hydrogens is 346 g/mol. The summed E-state index contributed by atoms with van der Waals surface area (Å²) in [4.78, 5) is 8.38. The molecule has 5 nitrogen and oxygen atoms in total. The van der Waals surface area contributed by atoms with E-state index in [9.17, 15) is 0 Å². The van der Waals surface area contributed by atoms with Gasteiger partial charge in [0.25, 0.3) is 0 Å². The molecule has 1 N–H and O–H groups in total. The Morgan fingerprint density at radius 1 is 1.38 bits per heavy atom. The van der Waals surface area contributed by atoms with Crippen molar-refractivity contribution in [3.63, 3.8) is 0 Å². The van der Waals surface area contributed by atoms with E-state index in [1.807, 2.05) is 6.07 Å². The van der Waals surface area contributed by atoms with Gasteiger partial charge in [-0.3, -0.25) is 4.99 Å². The van der Waals surface area contributed by atoms with Gasteiger partial charge in [-0.05, 0) is 31.9 Å². The Morgan fingerprint density at radius 2 is 2.25 bits per heavy atom. The van der Waals surface area contributed by atoms with Gasteiger partial charge >= 0.3 is 0 Å². The number of aliphatic imine (C=N–C) groups is 1. The van der Waals surface area contributed by atoms with Crippen LogP contribution in [0.15, 0.2) is 17.1 Å². The molecule has 7 heteroatoms. The van der Waals surface area contributed by atoms with E-state index < -0.39 is 0 Å². The fourth-order valence-electron chi connectivity index (χ4n) is 3.17. The lowest BCUT2D eigenvalue weighted by Crippen LogP contribution is -2.53. The van der Waals surface area contributed by atoms with Crippen LogP contribution >= 0.6 is 22.9 Å². The summed E-state index contributed by atoms with van der Waals surface area (Å²) in [7, 11) is 0. The van der Waals surface area contributed by atoms with Crippen molar-refractivity contribution in [3.8, 4) is 0 Å². The molecule has 2 fully saturated rings. The fourth-order valence-corrected chi connectivity index (χ4v) is 4.25. The Hall–Kier alpha value is -0.820. The van der Waals surface area contributed by atoms with Crippen LogP contribution < -0.4 is 5.32 Å². The molecule has 2 atom stereocenters. The van der Waals surface area contributed by atoms with Crippen molar-refractivity contribution < 1.29 is 9.47 Å². The number of guanidine groups is 1. The van der Waals surface area contributed by atoms with Crippen molar-refractivity contribution in [2.45, 2.75) is 38.4 Å². The Balaban J connectivity index is 1.57. The number of hydrogen-bond acceptors (Lipinski definition) is 4. The summed E-state index contributed by atoms with van der Waals surface area (Å²) in [6.45, 7) is 7.05. The first-order chi connectivity index (χ1) is 11.8. The smallest absolute Gasteiger partial charge is 0.194 e. The zero-order valence-electron chi connectivity index (χ0n) is 14.2. The van der Waals surface area contributed by atoms with Crippen molar-refractivity contribution in [2.75, 3.05) is 39.4 Å². The summed E-state index contributed by atoms with van der Waals surface area (Å²) in [6, 6.07) is 4.03. The molecule has 134 valence electrons. The number of morpholine rings is 1. The zero-order chi connectivity index (χ0) is 16.8. The van der Waals surface area contributed by atoms with Crippen LogP contribution in [0, 0.1) is 0 Å². The fraction of sp³-hybridized carbons (Fsp3) is 0.706. The highest BCUT2D eigenvalue weighted by Crippen LogP contribution is 2.22. The third kappa shape index (κ3) is 4.85. The minimum atomic E-state index is 0.154. The van der Waals surface area contributed by atoms with Gasteiger partial charge in [-0.25, -0.2) is 0 Å². The van der Waals surface area contributed by atoms with E-state index in [-0.39, 0.29) is 12.2 Å². The van der Waals surface area contributed by atoms with Gasteiger partial charge in [0.05, 0.1) is 17.0 Å². The average Bonchev–Trinajstić information content (AvgIpc) is 3.26. The molecule has 24 heavy (non-hydrogen) atoms. The number of nitrogens with zero attached hydrogens (tertiary/aromatic N) is 2. The van der Waals surface area contributed by atoms with E-state index in [2.05, 4.69) is 23.2 Å². The standard InChI is InChI=1S/C17H26ClN3O2S/c1-2-19-17(20-8-7-13-5-6-16(18)24-13)21-9-11-23-15(12-21)14-4-3-10-22-14/h5-6,14-15H,2-4,7-12H2,1H3,(H,19,20). The molecule has 2 saturated heterocycles. The molecule has 0 aliphatic carbocycles. The molecule has 1 aromatic rings. The van der Waals surface area contributed by atoms with Crippen LogP contribution in [0.3, 0.4) is 0 Å². The van der Waals surface area contributed by atoms with E-state index in [4.69, 9.17) is 26.1 Å². The summed E-state index contributed by atoms with van der Waals surface area (Å²) >= 11 is 7.62. The van der Waals surface area contributed by atoms with Crippen molar-refractivity contribution in [3.05, 3.63) is 21.3 Å². The van der Waals surface area contributed by atoms with E-state index in [0.29, 0.717) is 0 Å². The SMILES string of the molecule is CCNC(=NCCc1ccc(Cl)s1)N1CCOC(C2CCCO2)C1. The van der Waals surface area contributed by atoms with Crippen molar-refractivity contribution in [2.24, 2.45) is 4.99 Å². The predicted octanol–water partition coefficient (Wildman–Crippen LogP) is 2.79. The highest BCUT2D eigenvalue weighted by molar-refractivity contribution is 7.16. The highest BCUT2D eigenvalue weighted by atomic mass is 35.5. The van der Waals surface area contributed by atoms with Gasteiger partial charge in [0, 0.05) is 44.1 Å². The van der Waals surface area contributed by atoms with Gasteiger partial charge < -0.3 is 19.7 Å². The highest BCUT2D eigenvalue weighted by Gasteiger charge is 2.32. The minimum Gasteiger partial charge on any atom is -0.375 e. The van der Waals surface area contributed by atoms with Gasteiger partial charge in [0.1, 0.15) is 6.10 Å². The largest absolute Gasteiger partial charge is 0.375 e. The maximum Gasteiger partial charge on any atom is 0.194 e. The molecule has 3 heterocycles. The first-order valence-corrected chi connectivity index (χ1v) is 9.96. The Morgan fingerprint density at radius 3 is 2.96 bits per heavy atom. The summed E-state index contributed by atoms with van der Waals surface area (Å²) in [5, 5.41) is 3.41. The van der Waals surface area contributed by atoms with Crippen LogP contribution in [-0.4, -0.2) is 62.5 Å². The molecule has 2 unspecified atom stereocenters. The minimum absolute atomic E-state index is 0.154. The lowest BCUT2D eigenvalue weighted by Gasteiger charge is -2.37. The van der Waals surface area contributed by atoms with Crippen LogP contribution in [0.5, 0.6) is 0 Å². The van der Waals surface area contributed by atoms with Gasteiger partial charge in [-0.15, -0.1) is 11.3 Å². The zero-order valence-corrected chi connectivity index (χ0v) is 15.7. The van der Waals surface area contributed by atoms with E-state index >= 15 is 0 Å². The molecule has 0 saturated carbocycles. The maximum absolute atomic E-state index is 5.99. The van der Waals surface area contributed by atoms with Crippen LogP contribution in [-0.2, 0) is 15.9 Å². The van der Waals surface area contributed by atoms with Crippen LogP contribution in [0.4, 0.5) is 0 Å². The third-order valence-corrected chi connectivity index (χ3v) is 5.65. The molecule has 0 aromatic carbocycles. The third-order valence-electron chi connectivity index (χ3n) is 4.36. The average molecular weight is 372 g/mol. The van der Waals surface area contributed by atoms with Gasteiger partial charge in [-0.1, -0.05) is 11.6 Å². The lowest BCUT2D eigenvalue weighted by atomic mass is 10.1. The quantitative estimate of drug-likeness (QED) is 0.638.